The molecule has 0 amide bonds. The van der Waals surface area contributed by atoms with Crippen LogP contribution in [0, 0.1) is 0 Å². The molecule has 0 nitrogen and oxygen atoms in total. The number of aryl methyl sites for hydroxylation is 1. The van der Waals surface area contributed by atoms with Crippen LogP contribution in [-0.2, 0) is 19.3 Å². The molecule has 2 atom stereocenters. The van der Waals surface area contributed by atoms with Crippen molar-refractivity contribution in [2.45, 2.75) is 41.7 Å². The van der Waals surface area contributed by atoms with Crippen LogP contribution in [0.15, 0.2) is 53.4 Å². The molecule has 21 heavy (non-hydrogen) atoms. The second kappa shape index (κ2) is 4.51. The van der Waals surface area contributed by atoms with Gasteiger partial charge < -0.3 is 0 Å². The highest BCUT2D eigenvalue weighted by atomic mass is 32.2. The molecule has 0 saturated carbocycles. The van der Waals surface area contributed by atoms with Crippen molar-refractivity contribution in [1.29, 1.82) is 0 Å². The van der Waals surface area contributed by atoms with E-state index in [9.17, 15) is 0 Å². The fourth-order valence-electron chi connectivity index (χ4n) is 4.27. The number of rotatable bonds is 0. The first-order chi connectivity index (χ1) is 10.4. The molecular weight excluding hydrogens is 272 g/mol. The molecule has 2 aromatic rings. The molecule has 1 aliphatic heterocycles. The van der Waals surface area contributed by atoms with Crippen molar-refractivity contribution in [3.05, 3.63) is 76.4 Å². The Morgan fingerprint density at radius 3 is 2.76 bits per heavy atom. The summed E-state index contributed by atoms with van der Waals surface area (Å²) in [5.74, 6) is 0.631. The normalized spacial score (nSPS) is 25.0. The van der Waals surface area contributed by atoms with Gasteiger partial charge in [-0.05, 0) is 53.5 Å². The van der Waals surface area contributed by atoms with Gasteiger partial charge in [-0.1, -0.05) is 48.6 Å². The minimum absolute atomic E-state index is 0.631. The molecule has 3 aliphatic rings. The zero-order valence-corrected chi connectivity index (χ0v) is 12.8. The van der Waals surface area contributed by atoms with Crippen LogP contribution in [0.4, 0.5) is 0 Å². The first kappa shape index (κ1) is 12.1. The Kier molecular flexibility index (Phi) is 2.60. The second-order valence-corrected chi connectivity index (χ2v) is 7.62. The Bertz CT molecular complexity index is 756. The van der Waals surface area contributed by atoms with Gasteiger partial charge >= 0.3 is 0 Å². The molecule has 1 heterocycles. The SMILES string of the molecule is C1=CCc2c(ccc3c2SC2CCc4ccccc4C32)C1. The number of hydrogen-bond acceptors (Lipinski definition) is 1. The van der Waals surface area contributed by atoms with Gasteiger partial charge in [0.2, 0.25) is 0 Å². The largest absolute Gasteiger partial charge is 0.121 e. The van der Waals surface area contributed by atoms with Gasteiger partial charge in [-0.2, -0.15) is 0 Å². The summed E-state index contributed by atoms with van der Waals surface area (Å²) in [5, 5.41) is 0.757. The maximum atomic E-state index is 2.42. The van der Waals surface area contributed by atoms with E-state index in [0.717, 1.165) is 18.1 Å². The molecule has 2 aliphatic carbocycles. The van der Waals surface area contributed by atoms with E-state index in [2.05, 4.69) is 60.3 Å². The fourth-order valence-corrected chi connectivity index (χ4v) is 5.93. The van der Waals surface area contributed by atoms with Gasteiger partial charge in [0.1, 0.15) is 0 Å². The van der Waals surface area contributed by atoms with E-state index < -0.39 is 0 Å². The third-order valence-electron chi connectivity index (χ3n) is 5.28. The zero-order chi connectivity index (χ0) is 13.8. The summed E-state index contributed by atoms with van der Waals surface area (Å²) in [7, 11) is 0. The summed E-state index contributed by atoms with van der Waals surface area (Å²) in [5.41, 5.74) is 7.94. The standard InChI is InChI=1S/C20H18S/c1-3-7-15-13(5-1)10-12-18-19(15)17-11-9-14-6-2-4-8-16(14)20(17)21-18/h1-5,7,9,11,18-19H,6,8,10,12H2. The van der Waals surface area contributed by atoms with E-state index in [1.807, 2.05) is 0 Å². The van der Waals surface area contributed by atoms with Crippen LogP contribution in [0.25, 0.3) is 0 Å². The van der Waals surface area contributed by atoms with E-state index in [0.29, 0.717) is 5.92 Å². The summed E-state index contributed by atoms with van der Waals surface area (Å²) >= 11 is 2.16. The van der Waals surface area contributed by atoms with Crippen molar-refractivity contribution in [1.82, 2.24) is 0 Å². The topological polar surface area (TPSA) is 0 Å². The van der Waals surface area contributed by atoms with Gasteiger partial charge in [0.15, 0.2) is 0 Å². The van der Waals surface area contributed by atoms with Gasteiger partial charge in [-0.3, -0.25) is 0 Å². The second-order valence-electron chi connectivity index (χ2n) is 6.37. The Morgan fingerprint density at radius 2 is 1.76 bits per heavy atom. The first-order valence-electron chi connectivity index (χ1n) is 7.96. The van der Waals surface area contributed by atoms with Crippen molar-refractivity contribution >= 4 is 11.8 Å². The van der Waals surface area contributed by atoms with Crippen molar-refractivity contribution < 1.29 is 0 Å². The molecule has 104 valence electrons. The lowest BCUT2D eigenvalue weighted by molar-refractivity contribution is 0.641. The van der Waals surface area contributed by atoms with Gasteiger partial charge in [0.05, 0.1) is 0 Å². The molecule has 0 fully saturated rings. The molecule has 0 N–H and O–H groups in total. The van der Waals surface area contributed by atoms with Gasteiger partial charge in [0.25, 0.3) is 0 Å². The van der Waals surface area contributed by atoms with Gasteiger partial charge in [-0.15, -0.1) is 11.8 Å². The first-order valence-corrected chi connectivity index (χ1v) is 8.84. The highest BCUT2D eigenvalue weighted by Crippen LogP contribution is 2.55. The summed E-state index contributed by atoms with van der Waals surface area (Å²) in [4.78, 5) is 1.61. The minimum atomic E-state index is 0.631. The molecule has 2 aromatic carbocycles. The predicted octanol–water partition coefficient (Wildman–Crippen LogP) is 4.89. The molecule has 0 radical (unpaired) electrons. The monoisotopic (exact) mass is 290 g/mol. The molecule has 1 heteroatoms. The van der Waals surface area contributed by atoms with E-state index >= 15 is 0 Å². The number of fused-ring (bicyclic) bond motifs is 7. The van der Waals surface area contributed by atoms with Crippen molar-refractivity contribution in [2.24, 2.45) is 0 Å². The summed E-state index contributed by atoms with van der Waals surface area (Å²) < 4.78 is 0. The quantitative estimate of drug-likeness (QED) is 0.622. The molecule has 0 bridgehead atoms. The maximum absolute atomic E-state index is 2.42. The average molecular weight is 290 g/mol. The molecule has 5 rings (SSSR count). The fraction of sp³-hybridized carbons (Fsp3) is 0.300. The van der Waals surface area contributed by atoms with E-state index in [1.54, 1.807) is 32.7 Å². The highest BCUT2D eigenvalue weighted by Gasteiger charge is 2.39. The average Bonchev–Trinajstić information content (AvgIpc) is 2.94. The Morgan fingerprint density at radius 1 is 0.857 bits per heavy atom. The Balaban J connectivity index is 1.70. The van der Waals surface area contributed by atoms with Crippen LogP contribution >= 0.6 is 11.8 Å². The predicted molar refractivity (Wildman–Crippen MR) is 89.2 cm³/mol. The zero-order valence-electron chi connectivity index (χ0n) is 12.0. The van der Waals surface area contributed by atoms with E-state index in [4.69, 9.17) is 0 Å². The number of thioether (sulfide) groups is 1. The van der Waals surface area contributed by atoms with E-state index in [-0.39, 0.29) is 0 Å². The molecule has 0 aromatic heterocycles. The maximum Gasteiger partial charge on any atom is 0.0226 e. The molecule has 0 saturated heterocycles. The van der Waals surface area contributed by atoms with E-state index in [1.165, 1.54) is 12.8 Å². The highest BCUT2D eigenvalue weighted by molar-refractivity contribution is 8.00. The third kappa shape index (κ3) is 1.70. The van der Waals surface area contributed by atoms with Crippen LogP contribution in [0.3, 0.4) is 0 Å². The number of allylic oxidation sites excluding steroid dienone is 2. The number of hydrogen-bond donors (Lipinski definition) is 0. The lowest BCUT2D eigenvalue weighted by Crippen LogP contribution is -2.19. The molecule has 2 unspecified atom stereocenters. The molecular formula is C20H18S. The van der Waals surface area contributed by atoms with Crippen molar-refractivity contribution in [2.75, 3.05) is 0 Å². The van der Waals surface area contributed by atoms with Crippen LogP contribution in [-0.4, -0.2) is 5.25 Å². The lowest BCUT2D eigenvalue weighted by Gasteiger charge is -2.28. The minimum Gasteiger partial charge on any atom is -0.121 e. The van der Waals surface area contributed by atoms with Crippen LogP contribution in [0.2, 0.25) is 0 Å². The van der Waals surface area contributed by atoms with Crippen LogP contribution in [0.1, 0.15) is 40.2 Å². The third-order valence-corrected chi connectivity index (χ3v) is 6.81. The summed E-state index contributed by atoms with van der Waals surface area (Å²) in [6.07, 6.45) is 9.49. The van der Waals surface area contributed by atoms with Crippen molar-refractivity contribution in [3.8, 4) is 0 Å². The van der Waals surface area contributed by atoms with Crippen molar-refractivity contribution in [3.63, 3.8) is 0 Å². The summed E-state index contributed by atoms with van der Waals surface area (Å²) in [6.45, 7) is 0. The van der Waals surface area contributed by atoms with Gasteiger partial charge in [-0.25, -0.2) is 0 Å². The van der Waals surface area contributed by atoms with Crippen LogP contribution < -0.4 is 0 Å². The molecule has 0 spiro atoms. The van der Waals surface area contributed by atoms with Gasteiger partial charge in [0, 0.05) is 16.1 Å². The lowest BCUT2D eigenvalue weighted by atomic mass is 9.78. The van der Waals surface area contributed by atoms with Crippen LogP contribution in [0.5, 0.6) is 0 Å². The summed E-state index contributed by atoms with van der Waals surface area (Å²) in [6, 6.07) is 13.9. The smallest absolute Gasteiger partial charge is 0.0226 e. The Hall–Kier alpha value is -1.47. The number of benzene rings is 2. The Labute approximate surface area is 130 Å².